The number of benzene rings is 2. The number of nitrogens with zero attached hydrogens (tertiary/aromatic N) is 1. The van der Waals surface area contributed by atoms with Crippen LogP contribution in [-0.2, 0) is 10.1 Å². The standard InChI is InChI=1S/C25H28Cl2N2O3S3/c1-3-17(13-24-28(4-2)20-15-18(26)7-9-22(20)33-24)14-25-29(11-5-6-12-35(30,31)32)21-16-19(27)8-10-23(21)34-25/h7-10,13-16,25H,3-6,11-12H2,1-2H3,(H,30,31,32). The molecule has 188 valence electrons. The lowest BCUT2D eigenvalue weighted by Gasteiger charge is -2.21. The van der Waals surface area contributed by atoms with Gasteiger partial charge in [0, 0.05) is 33.3 Å². The van der Waals surface area contributed by atoms with E-state index in [1.165, 1.54) is 25.3 Å². The van der Waals surface area contributed by atoms with Crippen LogP contribution in [0.4, 0.5) is 11.4 Å². The van der Waals surface area contributed by atoms with E-state index in [1.54, 1.807) is 23.5 Å². The first-order valence-corrected chi connectivity index (χ1v) is 15.6. The highest BCUT2D eigenvalue weighted by Gasteiger charge is 2.34. The lowest BCUT2D eigenvalue weighted by Crippen LogP contribution is -3.09. The largest absolute Gasteiger partial charge is 0.748 e. The van der Waals surface area contributed by atoms with Crippen LogP contribution >= 0.6 is 46.7 Å². The van der Waals surface area contributed by atoms with Crippen molar-refractivity contribution in [1.29, 1.82) is 0 Å². The lowest BCUT2D eigenvalue weighted by atomic mass is 10.1. The number of anilines is 1. The summed E-state index contributed by atoms with van der Waals surface area (Å²) in [5.74, 6) is -0.322. The zero-order valence-electron chi connectivity index (χ0n) is 19.6. The molecule has 0 spiro atoms. The summed E-state index contributed by atoms with van der Waals surface area (Å²) in [5.41, 5.74) is 3.51. The van der Waals surface area contributed by atoms with Crippen LogP contribution in [0.2, 0.25) is 10.0 Å². The van der Waals surface area contributed by atoms with Gasteiger partial charge in [-0.05, 0) is 74.2 Å². The Morgan fingerprint density at radius 1 is 1.11 bits per heavy atom. The zero-order valence-corrected chi connectivity index (χ0v) is 23.6. The average molecular weight is 572 g/mol. The quantitative estimate of drug-likeness (QED) is 0.291. The molecule has 2 atom stereocenters. The van der Waals surface area contributed by atoms with Crippen LogP contribution in [0.1, 0.15) is 33.1 Å². The zero-order chi connectivity index (χ0) is 25.2. The number of unbranched alkanes of at least 4 members (excludes halogenated alkanes) is 1. The van der Waals surface area contributed by atoms with Gasteiger partial charge in [0.15, 0.2) is 5.37 Å². The van der Waals surface area contributed by atoms with Gasteiger partial charge in [0.05, 0.1) is 32.3 Å². The first kappa shape index (κ1) is 26.9. The van der Waals surface area contributed by atoms with Gasteiger partial charge in [0.2, 0.25) is 0 Å². The van der Waals surface area contributed by atoms with Gasteiger partial charge in [-0.1, -0.05) is 53.6 Å². The normalized spacial score (nSPS) is 21.0. The van der Waals surface area contributed by atoms with E-state index in [-0.39, 0.29) is 11.1 Å². The summed E-state index contributed by atoms with van der Waals surface area (Å²) in [7, 11) is -4.19. The first-order valence-electron chi connectivity index (χ1n) is 11.6. The highest BCUT2D eigenvalue weighted by Crippen LogP contribution is 2.47. The van der Waals surface area contributed by atoms with Crippen molar-refractivity contribution in [3.05, 3.63) is 69.2 Å². The first-order chi connectivity index (χ1) is 16.7. The summed E-state index contributed by atoms with van der Waals surface area (Å²) in [6.07, 6.45) is 6.47. The SMILES string of the molecule is CCC(=CC1Sc2ccc(Cl)cc2[NH+]1CCCCS(=O)(=O)[O-])C=C1Sc2ccc(Cl)cc2N1CC. The van der Waals surface area contributed by atoms with Gasteiger partial charge >= 0.3 is 0 Å². The number of nitrogens with one attached hydrogen (secondary N) is 1. The summed E-state index contributed by atoms with van der Waals surface area (Å²) in [6.45, 7) is 5.88. The van der Waals surface area contributed by atoms with Gasteiger partial charge in [-0.15, -0.1) is 0 Å². The van der Waals surface area contributed by atoms with Gasteiger partial charge in [0.25, 0.3) is 0 Å². The van der Waals surface area contributed by atoms with E-state index in [9.17, 15) is 13.0 Å². The molecule has 0 fully saturated rings. The molecule has 4 rings (SSSR count). The molecule has 1 N–H and O–H groups in total. The van der Waals surface area contributed by atoms with Crippen molar-refractivity contribution in [2.75, 3.05) is 23.7 Å². The van der Waals surface area contributed by atoms with Crippen molar-refractivity contribution < 1.29 is 17.9 Å². The van der Waals surface area contributed by atoms with Gasteiger partial charge < -0.3 is 9.45 Å². The van der Waals surface area contributed by atoms with Gasteiger partial charge in [-0.25, -0.2) is 8.42 Å². The third kappa shape index (κ3) is 6.60. The van der Waals surface area contributed by atoms with Crippen molar-refractivity contribution in [2.24, 2.45) is 0 Å². The highest BCUT2D eigenvalue weighted by atomic mass is 35.5. The number of allylic oxidation sites excluding steroid dienone is 2. The van der Waals surface area contributed by atoms with Crippen molar-refractivity contribution >= 4 is 68.2 Å². The Kier molecular flexibility index (Phi) is 8.85. The topological polar surface area (TPSA) is 64.9 Å². The van der Waals surface area contributed by atoms with Crippen LogP contribution < -0.4 is 9.80 Å². The fraction of sp³-hybridized carbons (Fsp3) is 0.360. The maximum atomic E-state index is 11.0. The van der Waals surface area contributed by atoms with E-state index < -0.39 is 10.1 Å². The maximum absolute atomic E-state index is 11.0. The van der Waals surface area contributed by atoms with E-state index in [2.05, 4.69) is 37.0 Å². The van der Waals surface area contributed by atoms with Crippen molar-refractivity contribution in [1.82, 2.24) is 0 Å². The molecule has 2 unspecified atom stereocenters. The third-order valence-corrected chi connectivity index (χ3v) is 9.72. The predicted molar refractivity (Wildman–Crippen MR) is 147 cm³/mol. The second-order valence-electron chi connectivity index (χ2n) is 8.46. The number of quaternary nitrogens is 1. The van der Waals surface area contributed by atoms with Gasteiger partial charge in [0.1, 0.15) is 5.69 Å². The lowest BCUT2D eigenvalue weighted by molar-refractivity contribution is -0.835. The fourth-order valence-corrected chi connectivity index (χ4v) is 7.80. The molecule has 2 heterocycles. The van der Waals surface area contributed by atoms with E-state index in [0.717, 1.165) is 35.9 Å². The Labute approximate surface area is 226 Å². The Morgan fingerprint density at radius 2 is 1.83 bits per heavy atom. The number of halogens is 2. The molecule has 2 aliphatic rings. The van der Waals surface area contributed by atoms with E-state index in [1.807, 2.05) is 30.3 Å². The molecular formula is C25H28Cl2N2O3S3. The molecule has 0 saturated carbocycles. The Bertz CT molecular complexity index is 1260. The number of fused-ring (bicyclic) bond motifs is 2. The Hall–Kier alpha value is -1.13. The monoisotopic (exact) mass is 570 g/mol. The summed E-state index contributed by atoms with van der Waals surface area (Å²) >= 11 is 16.1. The molecule has 0 aliphatic carbocycles. The van der Waals surface area contributed by atoms with Crippen molar-refractivity contribution in [3.8, 4) is 0 Å². The number of hydrogen-bond acceptors (Lipinski definition) is 6. The van der Waals surface area contributed by atoms with Gasteiger partial charge in [-0.2, -0.15) is 0 Å². The van der Waals surface area contributed by atoms with Crippen molar-refractivity contribution in [2.45, 2.75) is 48.3 Å². The van der Waals surface area contributed by atoms with Gasteiger partial charge in [-0.3, -0.25) is 4.90 Å². The molecule has 5 nitrogen and oxygen atoms in total. The minimum Gasteiger partial charge on any atom is -0.748 e. The second-order valence-corrected chi connectivity index (χ2v) is 13.1. The van der Waals surface area contributed by atoms with Crippen LogP contribution in [0.15, 0.2) is 68.9 Å². The maximum Gasteiger partial charge on any atom is 0.163 e. The van der Waals surface area contributed by atoms with E-state index in [0.29, 0.717) is 17.9 Å². The molecule has 0 amide bonds. The summed E-state index contributed by atoms with van der Waals surface area (Å²) < 4.78 is 33.1. The van der Waals surface area contributed by atoms with E-state index >= 15 is 0 Å². The number of rotatable bonds is 9. The minimum atomic E-state index is -4.19. The average Bonchev–Trinajstić information content (AvgIpc) is 3.31. The second kappa shape index (κ2) is 11.5. The van der Waals surface area contributed by atoms with Crippen LogP contribution in [-0.4, -0.2) is 37.2 Å². The summed E-state index contributed by atoms with van der Waals surface area (Å²) in [6, 6.07) is 12.0. The fourth-order valence-electron chi connectivity index (χ4n) is 4.35. The summed E-state index contributed by atoms with van der Waals surface area (Å²) in [4.78, 5) is 5.91. The summed E-state index contributed by atoms with van der Waals surface area (Å²) in [5, 5.41) is 2.74. The molecule has 35 heavy (non-hydrogen) atoms. The molecule has 0 bridgehead atoms. The predicted octanol–water partition coefficient (Wildman–Crippen LogP) is 6.08. The van der Waals surface area contributed by atoms with Crippen LogP contribution in [0, 0.1) is 0 Å². The molecular weight excluding hydrogens is 543 g/mol. The van der Waals surface area contributed by atoms with Crippen LogP contribution in [0.3, 0.4) is 0 Å². The Morgan fingerprint density at radius 3 is 2.51 bits per heavy atom. The molecule has 10 heteroatoms. The molecule has 0 saturated heterocycles. The minimum absolute atomic E-state index is 0.137. The highest BCUT2D eigenvalue weighted by molar-refractivity contribution is 8.03. The molecule has 2 aromatic rings. The van der Waals surface area contributed by atoms with E-state index in [4.69, 9.17) is 23.2 Å². The van der Waals surface area contributed by atoms with Crippen LogP contribution in [0.25, 0.3) is 0 Å². The van der Waals surface area contributed by atoms with Crippen molar-refractivity contribution in [3.63, 3.8) is 0 Å². The molecule has 0 radical (unpaired) electrons. The third-order valence-electron chi connectivity index (χ3n) is 6.07. The molecule has 0 aromatic heterocycles. The smallest absolute Gasteiger partial charge is 0.163 e. The van der Waals surface area contributed by atoms with Crippen LogP contribution in [0.5, 0.6) is 0 Å². The Balaban J connectivity index is 1.58. The molecule has 2 aliphatic heterocycles. The molecule has 2 aromatic carbocycles. The number of hydrogen-bond donors (Lipinski definition) is 1. The number of thioether (sulfide) groups is 2.